The van der Waals surface area contributed by atoms with E-state index in [4.69, 9.17) is 68.6 Å². The topological polar surface area (TPSA) is 96.3 Å². The molecule has 0 aromatic heterocycles. The summed E-state index contributed by atoms with van der Waals surface area (Å²) < 4.78 is 34.2. The minimum absolute atomic E-state index is 0.0628. The summed E-state index contributed by atoms with van der Waals surface area (Å²) in [6.07, 6.45) is -5.01. The van der Waals surface area contributed by atoms with Crippen LogP contribution in [0.4, 0.5) is 0 Å². The highest BCUT2D eigenvalue weighted by Crippen LogP contribution is 2.34. The standard InChI is InChI=1S/C31H32Cl3NO7/c1-21(36)40-28-27(39-19-24-15-9-4-10-16-24)26(38-18-23-13-7-3-8-14-23)25(20-37-17-22-11-5-2-6-12-22)41-29(28)42-30(35)31(32,33)34/h2-16,25-29,35H,17-20H2,1H3/t25?,26-,27-,28?,29-/m0/s1. The maximum absolute atomic E-state index is 12.3. The van der Waals surface area contributed by atoms with Gasteiger partial charge in [0.1, 0.15) is 18.3 Å². The summed E-state index contributed by atoms with van der Waals surface area (Å²) in [6, 6.07) is 28.8. The normalized spacial score (nSPS) is 22.3. The van der Waals surface area contributed by atoms with Gasteiger partial charge in [-0.15, -0.1) is 0 Å². The second kappa shape index (κ2) is 15.7. The Bertz CT molecular complexity index is 1260. The van der Waals surface area contributed by atoms with Crippen LogP contribution in [0.1, 0.15) is 23.6 Å². The smallest absolute Gasteiger partial charge is 0.303 e. The van der Waals surface area contributed by atoms with Gasteiger partial charge in [0.15, 0.2) is 6.10 Å². The van der Waals surface area contributed by atoms with Crippen LogP contribution in [0.5, 0.6) is 0 Å². The van der Waals surface area contributed by atoms with E-state index in [-0.39, 0.29) is 19.8 Å². The van der Waals surface area contributed by atoms with E-state index >= 15 is 0 Å². The average molecular weight is 637 g/mol. The lowest BCUT2D eigenvalue weighted by Crippen LogP contribution is -2.62. The molecule has 0 spiro atoms. The molecule has 0 bridgehead atoms. The second-order valence-corrected chi connectivity index (χ2v) is 11.9. The Hall–Kier alpha value is -2.69. The largest absolute Gasteiger partial charge is 0.453 e. The second-order valence-electron chi connectivity index (χ2n) is 9.58. The molecule has 224 valence electrons. The molecule has 1 aliphatic rings. The van der Waals surface area contributed by atoms with E-state index in [1.807, 2.05) is 91.0 Å². The number of hydrogen-bond donors (Lipinski definition) is 1. The van der Waals surface area contributed by atoms with Crippen LogP contribution in [-0.2, 0) is 53.0 Å². The van der Waals surface area contributed by atoms with Crippen LogP contribution >= 0.6 is 34.8 Å². The zero-order valence-electron chi connectivity index (χ0n) is 22.9. The van der Waals surface area contributed by atoms with Crippen molar-refractivity contribution in [3.8, 4) is 0 Å². The van der Waals surface area contributed by atoms with Gasteiger partial charge < -0.3 is 28.4 Å². The third-order valence-corrected chi connectivity index (χ3v) is 6.86. The van der Waals surface area contributed by atoms with Crippen LogP contribution in [0.25, 0.3) is 0 Å². The molecule has 0 radical (unpaired) electrons. The van der Waals surface area contributed by atoms with Gasteiger partial charge in [0, 0.05) is 6.92 Å². The molecular weight excluding hydrogens is 605 g/mol. The van der Waals surface area contributed by atoms with Gasteiger partial charge in [-0.05, 0) is 16.7 Å². The molecule has 1 N–H and O–H groups in total. The predicted molar refractivity (Wildman–Crippen MR) is 159 cm³/mol. The molecule has 3 aromatic carbocycles. The predicted octanol–water partition coefficient (Wildman–Crippen LogP) is 6.39. The summed E-state index contributed by atoms with van der Waals surface area (Å²) >= 11 is 17.7. The molecule has 5 atom stereocenters. The summed E-state index contributed by atoms with van der Waals surface area (Å²) in [4.78, 5) is 12.3. The van der Waals surface area contributed by atoms with Crippen molar-refractivity contribution in [2.24, 2.45) is 0 Å². The van der Waals surface area contributed by atoms with E-state index in [1.54, 1.807) is 0 Å². The van der Waals surface area contributed by atoms with Crippen LogP contribution in [0.3, 0.4) is 0 Å². The van der Waals surface area contributed by atoms with Crippen molar-refractivity contribution < 1.29 is 33.2 Å². The highest BCUT2D eigenvalue weighted by molar-refractivity contribution is 6.76. The zero-order valence-corrected chi connectivity index (χ0v) is 25.1. The van der Waals surface area contributed by atoms with Gasteiger partial charge in [0.2, 0.25) is 12.2 Å². The first kappa shape index (κ1) is 32.2. The maximum atomic E-state index is 12.3. The van der Waals surface area contributed by atoms with Gasteiger partial charge in [-0.3, -0.25) is 10.2 Å². The highest BCUT2D eigenvalue weighted by Gasteiger charge is 2.52. The van der Waals surface area contributed by atoms with Gasteiger partial charge >= 0.3 is 5.97 Å². The molecule has 1 heterocycles. The molecule has 1 aliphatic heterocycles. The Morgan fingerprint density at radius 2 is 1.21 bits per heavy atom. The number of rotatable bonds is 12. The number of carbonyl (C=O) groups excluding carboxylic acids is 1. The molecule has 0 amide bonds. The Labute approximate surface area is 260 Å². The van der Waals surface area contributed by atoms with Crippen LogP contribution in [-0.4, -0.2) is 53.0 Å². The third kappa shape index (κ3) is 9.67. The van der Waals surface area contributed by atoms with E-state index in [9.17, 15) is 4.79 Å². The summed E-state index contributed by atoms with van der Waals surface area (Å²) in [5, 5.41) is 8.17. The van der Waals surface area contributed by atoms with Gasteiger partial charge in [0.25, 0.3) is 3.79 Å². The van der Waals surface area contributed by atoms with Crippen molar-refractivity contribution in [3.63, 3.8) is 0 Å². The monoisotopic (exact) mass is 635 g/mol. The SMILES string of the molecule is CC(=O)OC1[C@H](OC(=N)C(Cl)(Cl)Cl)OC(COCc2ccccc2)[C@H](OCc2ccccc2)[C@@H]1OCc1ccccc1. The first-order valence-corrected chi connectivity index (χ1v) is 14.4. The summed E-state index contributed by atoms with van der Waals surface area (Å²) in [6.45, 7) is 2.01. The molecule has 8 nitrogen and oxygen atoms in total. The molecule has 4 rings (SSSR count). The first-order valence-electron chi connectivity index (χ1n) is 13.3. The molecular formula is C31H32Cl3NO7. The molecule has 42 heavy (non-hydrogen) atoms. The summed E-state index contributed by atoms with van der Waals surface area (Å²) in [7, 11) is 0. The Morgan fingerprint density at radius 3 is 1.69 bits per heavy atom. The van der Waals surface area contributed by atoms with E-state index in [0.717, 1.165) is 16.7 Å². The number of benzene rings is 3. The Kier molecular flexibility index (Phi) is 12.0. The maximum Gasteiger partial charge on any atom is 0.303 e. The Balaban J connectivity index is 1.64. The van der Waals surface area contributed by atoms with Crippen molar-refractivity contribution in [2.75, 3.05) is 6.61 Å². The number of hydrogen-bond acceptors (Lipinski definition) is 8. The van der Waals surface area contributed by atoms with Crippen molar-refractivity contribution in [1.29, 1.82) is 5.41 Å². The van der Waals surface area contributed by atoms with Gasteiger partial charge in [-0.1, -0.05) is 126 Å². The minimum atomic E-state index is -2.18. The number of ether oxygens (including phenoxy) is 6. The molecule has 2 unspecified atom stereocenters. The molecule has 0 saturated carbocycles. The van der Waals surface area contributed by atoms with Gasteiger partial charge in [-0.2, -0.15) is 0 Å². The first-order chi connectivity index (χ1) is 20.2. The Morgan fingerprint density at radius 1 is 0.738 bits per heavy atom. The van der Waals surface area contributed by atoms with Crippen molar-refractivity contribution in [1.82, 2.24) is 0 Å². The third-order valence-electron chi connectivity index (χ3n) is 6.35. The fraction of sp³-hybridized carbons (Fsp3) is 0.355. The summed E-state index contributed by atoms with van der Waals surface area (Å²) in [5.41, 5.74) is 2.77. The van der Waals surface area contributed by atoms with Crippen molar-refractivity contribution in [3.05, 3.63) is 108 Å². The van der Waals surface area contributed by atoms with Gasteiger partial charge in [-0.25, -0.2) is 0 Å². The molecule has 0 aliphatic carbocycles. The lowest BCUT2D eigenvalue weighted by Gasteiger charge is -2.45. The minimum Gasteiger partial charge on any atom is -0.453 e. The average Bonchev–Trinajstić information content (AvgIpc) is 2.97. The fourth-order valence-electron chi connectivity index (χ4n) is 4.40. The highest BCUT2D eigenvalue weighted by atomic mass is 35.6. The molecule has 11 heteroatoms. The van der Waals surface area contributed by atoms with E-state index in [0.29, 0.717) is 6.61 Å². The summed E-state index contributed by atoms with van der Waals surface area (Å²) in [5.74, 6) is -1.32. The lowest BCUT2D eigenvalue weighted by atomic mass is 9.98. The number of alkyl halides is 3. The van der Waals surface area contributed by atoms with Crippen LogP contribution < -0.4 is 0 Å². The number of carbonyl (C=O) groups is 1. The van der Waals surface area contributed by atoms with Crippen LogP contribution in [0.15, 0.2) is 91.0 Å². The number of halogens is 3. The van der Waals surface area contributed by atoms with Crippen molar-refractivity contribution >= 4 is 46.7 Å². The lowest BCUT2D eigenvalue weighted by molar-refractivity contribution is -0.305. The van der Waals surface area contributed by atoms with Crippen LogP contribution in [0.2, 0.25) is 0 Å². The zero-order chi connectivity index (χ0) is 30.0. The molecule has 3 aromatic rings. The van der Waals surface area contributed by atoms with Crippen molar-refractivity contribution in [2.45, 2.75) is 61.2 Å². The quantitative estimate of drug-likeness (QED) is 0.106. The van der Waals surface area contributed by atoms with E-state index in [2.05, 4.69) is 0 Å². The van der Waals surface area contributed by atoms with Crippen LogP contribution in [0, 0.1) is 5.41 Å². The number of esters is 1. The van der Waals surface area contributed by atoms with Gasteiger partial charge in [0.05, 0.1) is 26.4 Å². The van der Waals surface area contributed by atoms with E-state index < -0.39 is 46.4 Å². The van der Waals surface area contributed by atoms with E-state index in [1.165, 1.54) is 6.92 Å². The fourth-order valence-corrected chi connectivity index (χ4v) is 4.53. The number of nitrogens with one attached hydrogen (secondary N) is 1. The molecule has 1 fully saturated rings. The molecule has 1 saturated heterocycles.